The first kappa shape index (κ1) is 17.3. The molecule has 1 aromatic heterocycles. The molecule has 1 aromatic rings. The first-order chi connectivity index (χ1) is 11.6. The van der Waals surface area contributed by atoms with Crippen LogP contribution in [0.15, 0.2) is 6.07 Å². The van der Waals surface area contributed by atoms with E-state index in [1.807, 2.05) is 11.8 Å². The number of hydrogen-bond donors (Lipinski definition) is 1. The van der Waals surface area contributed by atoms with Gasteiger partial charge in [-0.1, -0.05) is 12.8 Å². The summed E-state index contributed by atoms with van der Waals surface area (Å²) in [5, 5.41) is 7.57. The second kappa shape index (κ2) is 8.01. The Balaban J connectivity index is 1.34. The van der Waals surface area contributed by atoms with E-state index >= 15 is 0 Å². The van der Waals surface area contributed by atoms with E-state index in [1.54, 1.807) is 0 Å². The quantitative estimate of drug-likeness (QED) is 0.814. The van der Waals surface area contributed by atoms with Crippen LogP contribution in [0.2, 0.25) is 0 Å². The fourth-order valence-electron chi connectivity index (χ4n) is 3.83. The Morgan fingerprint density at radius 2 is 2.12 bits per heavy atom. The van der Waals surface area contributed by atoms with E-state index in [2.05, 4.69) is 28.1 Å². The van der Waals surface area contributed by atoms with Gasteiger partial charge in [-0.3, -0.25) is 4.68 Å². The average molecular weight is 334 g/mol. The summed E-state index contributed by atoms with van der Waals surface area (Å²) in [7, 11) is 0. The predicted octanol–water partition coefficient (Wildman–Crippen LogP) is 2.81. The molecular weight excluding hydrogens is 304 g/mol. The lowest BCUT2D eigenvalue weighted by Crippen LogP contribution is -2.39. The van der Waals surface area contributed by atoms with Crippen LogP contribution >= 0.6 is 0 Å². The SMILES string of the molecule is Cc1cc(C)n(C2CCN(C(=O)NCCCOC3CCCC3)C2)n1. The molecule has 1 atom stereocenters. The Hall–Kier alpha value is -1.56. The van der Waals surface area contributed by atoms with Gasteiger partial charge in [0.2, 0.25) is 0 Å². The van der Waals surface area contributed by atoms with Crippen molar-refractivity contribution in [2.75, 3.05) is 26.2 Å². The number of carbonyl (C=O) groups excluding carboxylic acids is 1. The lowest BCUT2D eigenvalue weighted by atomic mass is 10.2. The van der Waals surface area contributed by atoms with Gasteiger partial charge in [0.1, 0.15) is 0 Å². The van der Waals surface area contributed by atoms with Gasteiger partial charge in [-0.25, -0.2) is 4.79 Å². The number of rotatable bonds is 6. The van der Waals surface area contributed by atoms with Crippen molar-refractivity contribution in [1.29, 1.82) is 0 Å². The maximum Gasteiger partial charge on any atom is 0.317 e. The van der Waals surface area contributed by atoms with Crippen molar-refractivity contribution >= 4 is 6.03 Å². The van der Waals surface area contributed by atoms with E-state index < -0.39 is 0 Å². The molecule has 1 N–H and O–H groups in total. The highest BCUT2D eigenvalue weighted by Crippen LogP contribution is 2.23. The Kier molecular flexibility index (Phi) is 5.76. The van der Waals surface area contributed by atoms with Gasteiger partial charge in [0.15, 0.2) is 0 Å². The molecule has 0 bridgehead atoms. The van der Waals surface area contributed by atoms with Crippen molar-refractivity contribution in [2.24, 2.45) is 0 Å². The van der Waals surface area contributed by atoms with Crippen LogP contribution in [0.25, 0.3) is 0 Å². The molecule has 1 unspecified atom stereocenters. The number of carbonyl (C=O) groups is 1. The minimum atomic E-state index is 0.0416. The molecule has 6 nitrogen and oxygen atoms in total. The number of urea groups is 1. The number of nitrogens with one attached hydrogen (secondary N) is 1. The van der Waals surface area contributed by atoms with Crippen molar-refractivity contribution in [3.8, 4) is 0 Å². The van der Waals surface area contributed by atoms with Gasteiger partial charge in [0.05, 0.1) is 17.8 Å². The lowest BCUT2D eigenvalue weighted by molar-refractivity contribution is 0.0570. The minimum absolute atomic E-state index is 0.0416. The number of ether oxygens (including phenoxy) is 1. The monoisotopic (exact) mass is 334 g/mol. The molecule has 2 amide bonds. The van der Waals surface area contributed by atoms with Crippen LogP contribution in [-0.2, 0) is 4.74 Å². The zero-order valence-electron chi connectivity index (χ0n) is 15.0. The maximum atomic E-state index is 12.3. The summed E-state index contributed by atoms with van der Waals surface area (Å²) in [6.07, 6.45) is 7.32. The summed E-state index contributed by atoms with van der Waals surface area (Å²) >= 11 is 0. The first-order valence-corrected chi connectivity index (χ1v) is 9.30. The first-order valence-electron chi connectivity index (χ1n) is 9.30. The normalized spacial score (nSPS) is 21.6. The molecule has 1 saturated carbocycles. The lowest BCUT2D eigenvalue weighted by Gasteiger charge is -2.18. The number of hydrogen-bond acceptors (Lipinski definition) is 3. The molecule has 6 heteroatoms. The molecule has 0 aromatic carbocycles. The van der Waals surface area contributed by atoms with Crippen LogP contribution in [0.1, 0.15) is 56.0 Å². The fraction of sp³-hybridized carbons (Fsp3) is 0.778. The number of aromatic nitrogens is 2. The van der Waals surface area contributed by atoms with Crippen molar-refractivity contribution in [1.82, 2.24) is 20.0 Å². The average Bonchev–Trinajstić information content (AvgIpc) is 3.27. The molecular formula is C18H30N4O2. The van der Waals surface area contributed by atoms with Crippen molar-refractivity contribution in [3.63, 3.8) is 0 Å². The minimum Gasteiger partial charge on any atom is -0.378 e. The summed E-state index contributed by atoms with van der Waals surface area (Å²) in [5.41, 5.74) is 2.21. The van der Waals surface area contributed by atoms with Crippen LogP contribution in [0, 0.1) is 13.8 Å². The molecule has 1 aliphatic carbocycles. The Morgan fingerprint density at radius 1 is 1.33 bits per heavy atom. The second-order valence-corrected chi connectivity index (χ2v) is 7.12. The van der Waals surface area contributed by atoms with E-state index in [0.717, 1.165) is 38.2 Å². The number of aryl methyl sites for hydroxylation is 2. The number of likely N-dealkylation sites (tertiary alicyclic amines) is 1. The second-order valence-electron chi connectivity index (χ2n) is 7.12. The molecule has 2 heterocycles. The van der Waals surface area contributed by atoms with Crippen LogP contribution in [0.4, 0.5) is 4.79 Å². The van der Waals surface area contributed by atoms with Crippen LogP contribution in [-0.4, -0.2) is 53.1 Å². The van der Waals surface area contributed by atoms with Crippen LogP contribution in [0.3, 0.4) is 0 Å². The standard InChI is InChI=1S/C18H30N4O2/c1-14-12-15(2)22(20-14)16-8-10-21(13-16)18(23)19-9-5-11-24-17-6-3-4-7-17/h12,16-17H,3-11,13H2,1-2H3,(H,19,23). The van der Waals surface area contributed by atoms with E-state index in [9.17, 15) is 4.79 Å². The predicted molar refractivity (Wildman–Crippen MR) is 93.2 cm³/mol. The fourth-order valence-corrected chi connectivity index (χ4v) is 3.83. The highest BCUT2D eigenvalue weighted by atomic mass is 16.5. The summed E-state index contributed by atoms with van der Waals surface area (Å²) in [6.45, 7) is 7.06. The van der Waals surface area contributed by atoms with Gasteiger partial charge in [-0.15, -0.1) is 0 Å². The summed E-state index contributed by atoms with van der Waals surface area (Å²) < 4.78 is 7.89. The van der Waals surface area contributed by atoms with Gasteiger partial charge in [0, 0.05) is 31.9 Å². The Morgan fingerprint density at radius 3 is 2.83 bits per heavy atom. The molecule has 0 spiro atoms. The van der Waals surface area contributed by atoms with Gasteiger partial charge in [0.25, 0.3) is 0 Å². The van der Waals surface area contributed by atoms with Crippen molar-refractivity contribution in [3.05, 3.63) is 17.5 Å². The Bertz CT molecular complexity index is 551. The zero-order valence-corrected chi connectivity index (χ0v) is 15.0. The van der Waals surface area contributed by atoms with E-state index in [4.69, 9.17) is 4.74 Å². The molecule has 1 saturated heterocycles. The molecule has 134 valence electrons. The number of amides is 2. The van der Waals surface area contributed by atoms with Crippen molar-refractivity contribution in [2.45, 2.75) is 64.5 Å². The molecule has 0 radical (unpaired) electrons. The molecule has 2 fully saturated rings. The highest BCUT2D eigenvalue weighted by Gasteiger charge is 2.28. The number of nitrogens with zero attached hydrogens (tertiary/aromatic N) is 3. The van der Waals surface area contributed by atoms with E-state index in [1.165, 1.54) is 31.4 Å². The van der Waals surface area contributed by atoms with Gasteiger partial charge in [-0.2, -0.15) is 5.10 Å². The molecule has 24 heavy (non-hydrogen) atoms. The molecule has 3 rings (SSSR count). The summed E-state index contributed by atoms with van der Waals surface area (Å²) in [6, 6.07) is 2.43. The smallest absolute Gasteiger partial charge is 0.317 e. The third kappa shape index (κ3) is 4.29. The third-order valence-corrected chi connectivity index (χ3v) is 5.09. The zero-order chi connectivity index (χ0) is 16.9. The van der Waals surface area contributed by atoms with Crippen LogP contribution in [0.5, 0.6) is 0 Å². The Labute approximate surface area is 144 Å². The van der Waals surface area contributed by atoms with Crippen LogP contribution < -0.4 is 5.32 Å². The maximum absolute atomic E-state index is 12.3. The van der Waals surface area contributed by atoms with E-state index in [0.29, 0.717) is 18.7 Å². The van der Waals surface area contributed by atoms with Gasteiger partial charge in [-0.05, 0) is 45.6 Å². The van der Waals surface area contributed by atoms with Gasteiger partial charge >= 0.3 is 6.03 Å². The topological polar surface area (TPSA) is 59.4 Å². The van der Waals surface area contributed by atoms with Crippen molar-refractivity contribution < 1.29 is 9.53 Å². The third-order valence-electron chi connectivity index (χ3n) is 5.09. The highest BCUT2D eigenvalue weighted by molar-refractivity contribution is 5.74. The van der Waals surface area contributed by atoms with Gasteiger partial charge < -0.3 is 15.0 Å². The summed E-state index contributed by atoms with van der Waals surface area (Å²) in [5.74, 6) is 0. The van der Waals surface area contributed by atoms with E-state index in [-0.39, 0.29) is 6.03 Å². The molecule has 2 aliphatic rings. The molecule has 1 aliphatic heterocycles. The summed E-state index contributed by atoms with van der Waals surface area (Å²) in [4.78, 5) is 14.2. The largest absolute Gasteiger partial charge is 0.378 e.